The lowest BCUT2D eigenvalue weighted by Gasteiger charge is -2.34. The molecule has 1 saturated heterocycles. The highest BCUT2D eigenvalue weighted by Gasteiger charge is 2.21. The van der Waals surface area contributed by atoms with Crippen molar-refractivity contribution >= 4 is 34.7 Å². The van der Waals surface area contributed by atoms with Crippen LogP contribution < -0.4 is 0 Å². The largest absolute Gasteiger partial charge is 0.339 e. The lowest BCUT2D eigenvalue weighted by Crippen LogP contribution is -2.48. The smallest absolute Gasteiger partial charge is 0.269 e. The minimum atomic E-state index is -0.421. The van der Waals surface area contributed by atoms with Crippen LogP contribution in [0.3, 0.4) is 0 Å². The van der Waals surface area contributed by atoms with Crippen LogP contribution in [0.4, 0.5) is 5.69 Å². The van der Waals surface area contributed by atoms with E-state index in [1.54, 1.807) is 23.5 Å². The fraction of sp³-hybridized carbons (Fsp3) is 0.353. The summed E-state index contributed by atoms with van der Waals surface area (Å²) in [7, 11) is 0. The Bertz CT molecular complexity index is 711. The second-order valence-corrected chi connectivity index (χ2v) is 7.86. The van der Waals surface area contributed by atoms with Crippen LogP contribution in [0, 0.1) is 10.1 Å². The van der Waals surface area contributed by atoms with Crippen molar-refractivity contribution in [1.82, 2.24) is 9.80 Å². The second kappa shape index (κ2) is 8.46. The lowest BCUT2D eigenvalue weighted by molar-refractivity contribution is -0.384. The number of piperazine rings is 1. The predicted molar refractivity (Wildman–Crippen MR) is 100.0 cm³/mol. The molecule has 8 heteroatoms. The average Bonchev–Trinajstić information content (AvgIpc) is 3.13. The highest BCUT2D eigenvalue weighted by atomic mass is 32.2. The van der Waals surface area contributed by atoms with Crippen molar-refractivity contribution in [3.8, 4) is 0 Å². The number of nitro groups is 1. The number of nitro benzene ring substituents is 1. The summed E-state index contributed by atoms with van der Waals surface area (Å²) in [5.41, 5.74) is 0.0672. The third-order valence-corrected chi connectivity index (χ3v) is 5.95. The first-order valence-electron chi connectivity index (χ1n) is 8.01. The van der Waals surface area contributed by atoms with Crippen LogP contribution in [0.15, 0.2) is 46.7 Å². The van der Waals surface area contributed by atoms with E-state index in [9.17, 15) is 14.9 Å². The Kier molecular flexibility index (Phi) is 6.06. The number of carbonyl (C=O) groups excluding carboxylic acids is 1. The van der Waals surface area contributed by atoms with Crippen molar-refractivity contribution in [3.63, 3.8) is 0 Å². The Hall–Kier alpha value is -1.90. The van der Waals surface area contributed by atoms with E-state index in [-0.39, 0.29) is 11.6 Å². The van der Waals surface area contributed by atoms with E-state index in [0.717, 1.165) is 37.6 Å². The van der Waals surface area contributed by atoms with Gasteiger partial charge in [-0.25, -0.2) is 0 Å². The molecule has 0 saturated carbocycles. The summed E-state index contributed by atoms with van der Waals surface area (Å²) < 4.78 is 0. The van der Waals surface area contributed by atoms with Crippen LogP contribution in [0.25, 0.3) is 0 Å². The van der Waals surface area contributed by atoms with Crippen molar-refractivity contribution in [2.75, 3.05) is 31.9 Å². The molecule has 1 aliphatic rings. The van der Waals surface area contributed by atoms with Crippen LogP contribution in [0.5, 0.6) is 0 Å². The van der Waals surface area contributed by atoms with Gasteiger partial charge in [-0.15, -0.1) is 23.1 Å². The number of carbonyl (C=O) groups is 1. The van der Waals surface area contributed by atoms with E-state index in [1.807, 2.05) is 4.90 Å². The van der Waals surface area contributed by atoms with E-state index in [2.05, 4.69) is 22.4 Å². The normalized spacial score (nSPS) is 15.3. The second-order valence-electron chi connectivity index (χ2n) is 5.78. The van der Waals surface area contributed by atoms with Gasteiger partial charge in [0.1, 0.15) is 0 Å². The number of benzene rings is 1. The topological polar surface area (TPSA) is 66.7 Å². The molecule has 1 aromatic heterocycles. The zero-order valence-electron chi connectivity index (χ0n) is 13.7. The maximum Gasteiger partial charge on any atom is 0.269 e. The molecule has 1 fully saturated rings. The van der Waals surface area contributed by atoms with Crippen LogP contribution in [-0.4, -0.2) is 52.6 Å². The zero-order valence-corrected chi connectivity index (χ0v) is 15.3. The number of thiophene rings is 1. The van der Waals surface area contributed by atoms with Crippen LogP contribution in [0.2, 0.25) is 0 Å². The third-order valence-electron chi connectivity index (χ3n) is 4.09. The summed E-state index contributed by atoms with van der Waals surface area (Å²) in [5, 5.41) is 12.7. The highest BCUT2D eigenvalue weighted by molar-refractivity contribution is 8.00. The summed E-state index contributed by atoms with van der Waals surface area (Å²) >= 11 is 3.19. The molecule has 25 heavy (non-hydrogen) atoms. The van der Waals surface area contributed by atoms with Crippen LogP contribution >= 0.6 is 23.1 Å². The van der Waals surface area contributed by atoms with Gasteiger partial charge in [0.25, 0.3) is 5.69 Å². The lowest BCUT2D eigenvalue weighted by atomic mass is 10.3. The Morgan fingerprint density at radius 1 is 1.16 bits per heavy atom. The number of rotatable bonds is 6. The molecule has 132 valence electrons. The monoisotopic (exact) mass is 377 g/mol. The number of thioether (sulfide) groups is 1. The molecule has 0 radical (unpaired) electrons. The molecule has 0 unspecified atom stereocenters. The van der Waals surface area contributed by atoms with E-state index in [0.29, 0.717) is 5.75 Å². The van der Waals surface area contributed by atoms with Gasteiger partial charge in [0, 0.05) is 54.6 Å². The minimum Gasteiger partial charge on any atom is -0.339 e. The third kappa shape index (κ3) is 5.04. The molecule has 2 aromatic rings. The number of nitrogens with zero attached hydrogens (tertiary/aromatic N) is 3. The van der Waals surface area contributed by atoms with E-state index in [1.165, 1.54) is 28.8 Å². The summed E-state index contributed by atoms with van der Waals surface area (Å²) in [6, 6.07) is 10.5. The molecule has 0 bridgehead atoms. The molecule has 0 aliphatic carbocycles. The number of hydrogen-bond acceptors (Lipinski definition) is 6. The molecule has 1 aromatic carbocycles. The van der Waals surface area contributed by atoms with Gasteiger partial charge in [-0.05, 0) is 23.6 Å². The maximum atomic E-state index is 12.4. The Balaban J connectivity index is 1.42. The van der Waals surface area contributed by atoms with Gasteiger partial charge in [0.2, 0.25) is 5.91 Å². The van der Waals surface area contributed by atoms with Crippen LogP contribution in [-0.2, 0) is 11.3 Å². The zero-order chi connectivity index (χ0) is 17.6. The van der Waals surface area contributed by atoms with Crippen molar-refractivity contribution in [2.45, 2.75) is 11.4 Å². The predicted octanol–water partition coefficient (Wildman–Crippen LogP) is 3.09. The summed E-state index contributed by atoms with van der Waals surface area (Å²) in [4.78, 5) is 29.1. The molecule has 0 atom stereocenters. The SMILES string of the molecule is O=C(CSc1ccc([N+](=O)[O-])cc1)N1CCN(Cc2cccs2)CC1. The van der Waals surface area contributed by atoms with Gasteiger partial charge >= 0.3 is 0 Å². The number of hydrogen-bond donors (Lipinski definition) is 0. The van der Waals surface area contributed by atoms with Crippen molar-refractivity contribution < 1.29 is 9.72 Å². The molecular weight excluding hydrogens is 358 g/mol. The van der Waals surface area contributed by atoms with E-state index >= 15 is 0 Å². The summed E-state index contributed by atoms with van der Waals surface area (Å²) in [6.07, 6.45) is 0. The molecule has 2 heterocycles. The number of amides is 1. The standard InChI is InChI=1S/C17H19N3O3S2/c21-17(13-25-15-5-3-14(4-6-15)20(22)23)19-9-7-18(8-10-19)12-16-2-1-11-24-16/h1-6,11H,7-10,12-13H2. The fourth-order valence-electron chi connectivity index (χ4n) is 2.68. The van der Waals surface area contributed by atoms with Gasteiger partial charge < -0.3 is 4.90 Å². The Morgan fingerprint density at radius 2 is 1.88 bits per heavy atom. The molecule has 1 aliphatic heterocycles. The van der Waals surface area contributed by atoms with Crippen molar-refractivity contribution in [3.05, 3.63) is 56.8 Å². The molecule has 1 amide bonds. The first-order valence-corrected chi connectivity index (χ1v) is 9.88. The maximum absolute atomic E-state index is 12.4. The quantitative estimate of drug-likeness (QED) is 0.440. The van der Waals surface area contributed by atoms with Gasteiger partial charge in [-0.1, -0.05) is 6.07 Å². The first kappa shape index (κ1) is 17.9. The van der Waals surface area contributed by atoms with Crippen molar-refractivity contribution in [1.29, 1.82) is 0 Å². The van der Waals surface area contributed by atoms with Gasteiger partial charge in [-0.2, -0.15) is 0 Å². The molecule has 3 rings (SSSR count). The van der Waals surface area contributed by atoms with Gasteiger partial charge in [-0.3, -0.25) is 19.8 Å². The molecule has 6 nitrogen and oxygen atoms in total. The summed E-state index contributed by atoms with van der Waals surface area (Å²) in [6.45, 7) is 4.25. The molecule has 0 N–H and O–H groups in total. The van der Waals surface area contributed by atoms with Crippen molar-refractivity contribution in [2.24, 2.45) is 0 Å². The fourth-order valence-corrected chi connectivity index (χ4v) is 4.23. The van der Waals surface area contributed by atoms with Crippen LogP contribution in [0.1, 0.15) is 4.88 Å². The molecular formula is C17H19N3O3S2. The molecule has 0 spiro atoms. The van der Waals surface area contributed by atoms with E-state index < -0.39 is 4.92 Å². The average molecular weight is 377 g/mol. The number of non-ortho nitro benzene ring substituents is 1. The van der Waals surface area contributed by atoms with Gasteiger partial charge in [0.15, 0.2) is 0 Å². The highest BCUT2D eigenvalue weighted by Crippen LogP contribution is 2.22. The first-order chi connectivity index (χ1) is 12.1. The van der Waals surface area contributed by atoms with Gasteiger partial charge in [0.05, 0.1) is 10.7 Å². The van der Waals surface area contributed by atoms with E-state index in [4.69, 9.17) is 0 Å². The Labute approximate surface area is 154 Å². The summed E-state index contributed by atoms with van der Waals surface area (Å²) in [5.74, 6) is 0.488. The Morgan fingerprint density at radius 3 is 2.48 bits per heavy atom. The minimum absolute atomic E-state index is 0.0672.